The lowest BCUT2D eigenvalue weighted by atomic mass is 10.1. The summed E-state index contributed by atoms with van der Waals surface area (Å²) in [5, 5.41) is 22.7. The van der Waals surface area contributed by atoms with Crippen molar-refractivity contribution in [2.45, 2.75) is 18.4 Å². The Morgan fingerprint density at radius 3 is 2.80 bits per heavy atom. The molecule has 0 fully saturated rings. The zero-order valence-corrected chi connectivity index (χ0v) is 19.9. The number of methoxy groups -OCH3 is 1. The number of thioether (sulfide) groups is 1. The van der Waals surface area contributed by atoms with E-state index < -0.39 is 11.8 Å². The molecule has 4 rings (SSSR count). The lowest BCUT2D eigenvalue weighted by molar-refractivity contribution is 0.0696. The average molecular weight is 492 g/mol. The molecule has 0 unspecified atom stereocenters. The minimum Gasteiger partial charge on any atom is -0.496 e. The van der Waals surface area contributed by atoms with Gasteiger partial charge in [-0.3, -0.25) is 0 Å². The maximum absolute atomic E-state index is 14.6. The molecule has 178 valence electrons. The van der Waals surface area contributed by atoms with Gasteiger partial charge in [0.25, 0.3) is 0 Å². The van der Waals surface area contributed by atoms with Crippen molar-refractivity contribution in [2.24, 2.45) is 0 Å². The lowest BCUT2D eigenvalue weighted by Gasteiger charge is -2.11. The van der Waals surface area contributed by atoms with Gasteiger partial charge in [0, 0.05) is 35.0 Å². The highest BCUT2D eigenvalue weighted by atomic mass is 32.2. The van der Waals surface area contributed by atoms with Crippen LogP contribution in [-0.4, -0.2) is 45.0 Å². The van der Waals surface area contributed by atoms with Crippen molar-refractivity contribution in [1.29, 1.82) is 5.26 Å². The Morgan fingerprint density at radius 2 is 2.09 bits per heavy atom. The summed E-state index contributed by atoms with van der Waals surface area (Å²) in [4.78, 5) is 20.9. The van der Waals surface area contributed by atoms with Crippen LogP contribution in [0.4, 0.5) is 10.2 Å². The number of ether oxygens (including phenoxy) is 1. The first kappa shape index (κ1) is 24.0. The van der Waals surface area contributed by atoms with Crippen LogP contribution in [0.1, 0.15) is 23.0 Å². The summed E-state index contributed by atoms with van der Waals surface area (Å²) in [6, 6.07) is 13.4. The number of hydrogen-bond donors (Lipinski definition) is 2. The number of aromatic carboxylic acids is 1. The van der Waals surface area contributed by atoms with Gasteiger partial charge >= 0.3 is 5.97 Å². The van der Waals surface area contributed by atoms with Crippen LogP contribution >= 0.6 is 11.8 Å². The summed E-state index contributed by atoms with van der Waals surface area (Å²) in [7, 11) is 1.50. The molecule has 4 aromatic rings. The molecule has 0 bridgehead atoms. The first-order valence-corrected chi connectivity index (χ1v) is 11.8. The number of nitrogens with one attached hydrogen (secondary N) is 1. The molecular formula is C25H22FN5O3S. The van der Waals surface area contributed by atoms with E-state index in [1.54, 1.807) is 40.6 Å². The molecule has 8 nitrogen and oxygen atoms in total. The van der Waals surface area contributed by atoms with Crippen LogP contribution in [0.2, 0.25) is 0 Å². The Kier molecular flexibility index (Phi) is 7.17. The average Bonchev–Trinajstić information content (AvgIpc) is 3.24. The fourth-order valence-electron chi connectivity index (χ4n) is 3.84. The number of carboxylic acid groups (broad SMARTS) is 1. The largest absolute Gasteiger partial charge is 0.496 e. The summed E-state index contributed by atoms with van der Waals surface area (Å²) in [5.74, 6) is 0.381. The normalized spacial score (nSPS) is 10.8. The van der Waals surface area contributed by atoms with Crippen LogP contribution in [0.3, 0.4) is 0 Å². The van der Waals surface area contributed by atoms with Crippen molar-refractivity contribution in [3.8, 4) is 23.1 Å². The van der Waals surface area contributed by atoms with Crippen molar-refractivity contribution < 1.29 is 19.0 Å². The second-order valence-corrected chi connectivity index (χ2v) is 8.84. The number of nitrogens with zero attached hydrogens (tertiary/aromatic N) is 4. The van der Waals surface area contributed by atoms with Gasteiger partial charge in [-0.15, -0.1) is 11.8 Å². The third-order valence-electron chi connectivity index (χ3n) is 5.37. The molecule has 10 heteroatoms. The molecule has 2 aromatic heterocycles. The maximum atomic E-state index is 14.6. The highest BCUT2D eigenvalue weighted by Crippen LogP contribution is 2.31. The van der Waals surface area contributed by atoms with E-state index in [-0.39, 0.29) is 5.56 Å². The lowest BCUT2D eigenvalue weighted by Crippen LogP contribution is -2.13. The van der Waals surface area contributed by atoms with Crippen LogP contribution in [0.5, 0.6) is 5.75 Å². The fraction of sp³-hybridized carbons (Fsp3) is 0.200. The zero-order valence-electron chi connectivity index (χ0n) is 19.1. The maximum Gasteiger partial charge on any atom is 0.335 e. The number of nitriles is 1. The number of anilines is 1. The van der Waals surface area contributed by atoms with E-state index in [0.29, 0.717) is 52.5 Å². The van der Waals surface area contributed by atoms with Crippen LogP contribution in [0.15, 0.2) is 53.7 Å². The van der Waals surface area contributed by atoms with Gasteiger partial charge in [-0.1, -0.05) is 6.92 Å². The molecule has 0 saturated carbocycles. The Morgan fingerprint density at radius 1 is 1.26 bits per heavy atom. The Balaban J connectivity index is 1.57. The molecule has 2 aromatic carbocycles. The highest BCUT2D eigenvalue weighted by molar-refractivity contribution is 7.99. The van der Waals surface area contributed by atoms with Crippen LogP contribution < -0.4 is 10.1 Å². The van der Waals surface area contributed by atoms with Gasteiger partial charge in [-0.25, -0.2) is 19.2 Å². The van der Waals surface area contributed by atoms with E-state index >= 15 is 0 Å². The molecular weight excluding hydrogens is 469 g/mol. The number of aromatic nitrogens is 3. The molecule has 0 saturated heterocycles. The third-order valence-corrected chi connectivity index (χ3v) is 6.23. The molecule has 0 aliphatic rings. The first-order chi connectivity index (χ1) is 16.9. The highest BCUT2D eigenvalue weighted by Gasteiger charge is 2.16. The van der Waals surface area contributed by atoms with Gasteiger partial charge in [0.15, 0.2) is 0 Å². The van der Waals surface area contributed by atoms with Crippen molar-refractivity contribution in [3.05, 3.63) is 65.9 Å². The van der Waals surface area contributed by atoms with Crippen molar-refractivity contribution in [2.75, 3.05) is 24.7 Å². The first-order valence-electron chi connectivity index (χ1n) is 10.8. The smallest absolute Gasteiger partial charge is 0.335 e. The second-order valence-electron chi connectivity index (χ2n) is 7.50. The summed E-state index contributed by atoms with van der Waals surface area (Å²) in [5.41, 5.74) is 2.05. The number of carbonyl (C=O) groups is 1. The van der Waals surface area contributed by atoms with Crippen LogP contribution in [-0.2, 0) is 6.54 Å². The molecule has 0 spiro atoms. The van der Waals surface area contributed by atoms with Crippen LogP contribution in [0, 0.1) is 17.1 Å². The molecule has 0 atom stereocenters. The number of rotatable bonds is 9. The topological polar surface area (TPSA) is 113 Å². The zero-order chi connectivity index (χ0) is 24.9. The number of hydrogen-bond acceptors (Lipinski definition) is 7. The summed E-state index contributed by atoms with van der Waals surface area (Å²) >= 11 is 1.55. The van der Waals surface area contributed by atoms with E-state index in [4.69, 9.17) is 4.74 Å². The predicted octanol–water partition coefficient (Wildman–Crippen LogP) is 5.04. The van der Waals surface area contributed by atoms with Gasteiger partial charge < -0.3 is 19.7 Å². The summed E-state index contributed by atoms with van der Waals surface area (Å²) in [6.07, 6.45) is 1.40. The van der Waals surface area contributed by atoms with Crippen molar-refractivity contribution >= 4 is 34.5 Å². The van der Waals surface area contributed by atoms with Crippen molar-refractivity contribution in [1.82, 2.24) is 14.5 Å². The number of benzene rings is 2. The molecule has 0 aliphatic heterocycles. The van der Waals surface area contributed by atoms with Gasteiger partial charge in [-0.2, -0.15) is 5.26 Å². The van der Waals surface area contributed by atoms with E-state index in [1.165, 1.54) is 25.6 Å². The number of halogens is 1. The molecule has 35 heavy (non-hydrogen) atoms. The van der Waals surface area contributed by atoms with E-state index in [2.05, 4.69) is 21.4 Å². The molecule has 0 aliphatic carbocycles. The SMILES string of the molecule is CCSc1cc(C(=O)O)cc(-c2cc(NCCn3c(C#N)cc4c(OC)ccc(F)c43)ncn2)c1. The van der Waals surface area contributed by atoms with Gasteiger partial charge in [0.05, 0.1) is 23.9 Å². The summed E-state index contributed by atoms with van der Waals surface area (Å²) in [6.45, 7) is 2.66. The Bertz CT molecular complexity index is 1450. The quantitative estimate of drug-likeness (QED) is 0.313. The van der Waals surface area contributed by atoms with Gasteiger partial charge in [0.2, 0.25) is 0 Å². The fourth-order valence-corrected chi connectivity index (χ4v) is 4.60. The van der Waals surface area contributed by atoms with E-state index in [0.717, 1.165) is 10.6 Å². The van der Waals surface area contributed by atoms with E-state index in [9.17, 15) is 19.6 Å². The third kappa shape index (κ3) is 5.05. The molecule has 0 amide bonds. The predicted molar refractivity (Wildman–Crippen MR) is 132 cm³/mol. The monoisotopic (exact) mass is 491 g/mol. The second kappa shape index (κ2) is 10.4. The number of fused-ring (bicyclic) bond motifs is 1. The van der Waals surface area contributed by atoms with Gasteiger partial charge in [0.1, 0.15) is 35.5 Å². The Labute approximate surface area is 205 Å². The van der Waals surface area contributed by atoms with E-state index in [1.807, 2.05) is 13.0 Å². The van der Waals surface area contributed by atoms with Gasteiger partial charge in [-0.05, 0) is 42.2 Å². The number of carboxylic acids is 1. The standard InChI is InChI=1S/C25H22FN5O3S/c1-3-35-18-9-15(8-16(10-18)25(32)33)21-12-23(30-14-29-21)28-6-7-31-17(13-27)11-19-22(34-2)5-4-20(26)24(19)31/h4-5,8-12,14H,3,6-7H2,1-2H3,(H,32,33)(H,28,29,30). The van der Waals surface area contributed by atoms with Crippen LogP contribution in [0.25, 0.3) is 22.2 Å². The van der Waals surface area contributed by atoms with Crippen molar-refractivity contribution in [3.63, 3.8) is 0 Å². The molecule has 2 heterocycles. The minimum absolute atomic E-state index is 0.188. The molecule has 2 N–H and O–H groups in total. The molecule has 0 radical (unpaired) electrons. The Hall–Kier alpha value is -4.10. The minimum atomic E-state index is -1.01. The summed E-state index contributed by atoms with van der Waals surface area (Å²) < 4.78 is 21.5.